The first-order chi connectivity index (χ1) is 5.77. The van der Waals surface area contributed by atoms with Crippen LogP contribution in [0.3, 0.4) is 0 Å². The number of para-hydroxylation sites is 1. The predicted molar refractivity (Wildman–Crippen MR) is 51.8 cm³/mol. The van der Waals surface area contributed by atoms with Crippen LogP contribution < -0.4 is 0 Å². The summed E-state index contributed by atoms with van der Waals surface area (Å²) >= 11 is 11.5. The SMILES string of the molecule is Clc1cc2ccccc2nc1Cl. The summed E-state index contributed by atoms with van der Waals surface area (Å²) in [5, 5.41) is 1.86. The number of benzene rings is 1. The summed E-state index contributed by atoms with van der Waals surface area (Å²) < 4.78 is 0. The minimum atomic E-state index is 0.357. The highest BCUT2D eigenvalue weighted by Crippen LogP contribution is 2.23. The zero-order chi connectivity index (χ0) is 8.55. The first-order valence-corrected chi connectivity index (χ1v) is 4.24. The van der Waals surface area contributed by atoms with Gasteiger partial charge in [0.05, 0.1) is 10.5 Å². The summed E-state index contributed by atoms with van der Waals surface area (Å²) in [6.45, 7) is 0. The average Bonchev–Trinajstić information content (AvgIpc) is 2.07. The second kappa shape index (κ2) is 2.92. The second-order valence-corrected chi connectivity index (χ2v) is 3.22. The third-order valence-electron chi connectivity index (χ3n) is 1.63. The van der Waals surface area contributed by atoms with Gasteiger partial charge in [-0.1, -0.05) is 41.4 Å². The van der Waals surface area contributed by atoms with Crippen LogP contribution in [-0.4, -0.2) is 4.98 Å². The molecule has 0 saturated heterocycles. The zero-order valence-corrected chi connectivity index (χ0v) is 7.60. The Morgan fingerprint density at radius 2 is 1.83 bits per heavy atom. The van der Waals surface area contributed by atoms with Gasteiger partial charge in [-0.25, -0.2) is 4.98 Å². The van der Waals surface area contributed by atoms with Gasteiger partial charge in [-0.15, -0.1) is 0 Å². The normalized spacial score (nSPS) is 10.5. The van der Waals surface area contributed by atoms with Crippen molar-refractivity contribution in [2.24, 2.45) is 0 Å². The minimum absolute atomic E-state index is 0.357. The Labute approximate surface area is 79.9 Å². The molecule has 1 aromatic carbocycles. The molecule has 0 N–H and O–H groups in total. The molecule has 0 bridgehead atoms. The molecule has 0 amide bonds. The summed E-state index contributed by atoms with van der Waals surface area (Å²) in [4.78, 5) is 4.11. The molecule has 1 nitrogen and oxygen atoms in total. The van der Waals surface area contributed by atoms with E-state index in [0.29, 0.717) is 10.2 Å². The third kappa shape index (κ3) is 1.26. The van der Waals surface area contributed by atoms with Crippen molar-refractivity contribution in [2.45, 2.75) is 0 Å². The molecule has 0 spiro atoms. The van der Waals surface area contributed by atoms with Crippen LogP contribution in [0, 0.1) is 0 Å². The molecule has 2 aromatic rings. The molecule has 0 aliphatic heterocycles. The minimum Gasteiger partial charge on any atom is -0.235 e. The van der Waals surface area contributed by atoms with Crippen LogP contribution >= 0.6 is 23.2 Å². The molecule has 2 rings (SSSR count). The van der Waals surface area contributed by atoms with Crippen molar-refractivity contribution in [1.29, 1.82) is 0 Å². The molecule has 12 heavy (non-hydrogen) atoms. The maximum Gasteiger partial charge on any atom is 0.148 e. The second-order valence-electron chi connectivity index (χ2n) is 2.45. The molecule has 0 aliphatic rings. The van der Waals surface area contributed by atoms with Gasteiger partial charge in [0.1, 0.15) is 5.15 Å². The van der Waals surface area contributed by atoms with Crippen molar-refractivity contribution in [1.82, 2.24) is 4.98 Å². The van der Waals surface area contributed by atoms with E-state index < -0.39 is 0 Å². The molecule has 0 atom stereocenters. The Morgan fingerprint density at radius 1 is 1.08 bits per heavy atom. The number of aromatic nitrogens is 1. The molecule has 3 heteroatoms. The van der Waals surface area contributed by atoms with E-state index in [9.17, 15) is 0 Å². The zero-order valence-electron chi connectivity index (χ0n) is 6.09. The quantitative estimate of drug-likeness (QED) is 0.590. The van der Waals surface area contributed by atoms with E-state index in [1.165, 1.54) is 0 Å². The van der Waals surface area contributed by atoms with Crippen LogP contribution in [0.15, 0.2) is 30.3 Å². The smallest absolute Gasteiger partial charge is 0.148 e. The third-order valence-corrected chi connectivity index (χ3v) is 2.31. The van der Waals surface area contributed by atoms with Crippen molar-refractivity contribution >= 4 is 34.1 Å². The van der Waals surface area contributed by atoms with Crippen molar-refractivity contribution in [3.05, 3.63) is 40.5 Å². The van der Waals surface area contributed by atoms with Gasteiger partial charge >= 0.3 is 0 Å². The fraction of sp³-hybridized carbons (Fsp3) is 0. The van der Waals surface area contributed by atoms with Crippen molar-refractivity contribution in [3.8, 4) is 0 Å². The molecular formula is C9H5Cl2N. The van der Waals surface area contributed by atoms with Gasteiger partial charge in [-0.3, -0.25) is 0 Å². The highest BCUT2D eigenvalue weighted by molar-refractivity contribution is 6.41. The summed E-state index contributed by atoms with van der Waals surface area (Å²) in [6.07, 6.45) is 0. The summed E-state index contributed by atoms with van der Waals surface area (Å²) in [5.41, 5.74) is 0.868. The number of fused-ring (bicyclic) bond motifs is 1. The predicted octanol–water partition coefficient (Wildman–Crippen LogP) is 3.54. The summed E-state index contributed by atoms with van der Waals surface area (Å²) in [5.74, 6) is 0. The van der Waals surface area contributed by atoms with Crippen LogP contribution in [0.2, 0.25) is 10.2 Å². The number of pyridine rings is 1. The largest absolute Gasteiger partial charge is 0.235 e. The number of rotatable bonds is 0. The fourth-order valence-corrected chi connectivity index (χ4v) is 1.37. The molecule has 0 fully saturated rings. The first kappa shape index (κ1) is 7.84. The van der Waals surface area contributed by atoms with Crippen LogP contribution in [0.4, 0.5) is 0 Å². The van der Waals surface area contributed by atoms with Gasteiger partial charge in [0, 0.05) is 5.39 Å². The van der Waals surface area contributed by atoms with E-state index >= 15 is 0 Å². The van der Waals surface area contributed by atoms with Crippen LogP contribution in [0.5, 0.6) is 0 Å². The van der Waals surface area contributed by atoms with Gasteiger partial charge < -0.3 is 0 Å². The van der Waals surface area contributed by atoms with Crippen LogP contribution in [0.1, 0.15) is 0 Å². The van der Waals surface area contributed by atoms with E-state index in [1.54, 1.807) is 0 Å². The number of nitrogens with zero attached hydrogens (tertiary/aromatic N) is 1. The average molecular weight is 198 g/mol. The molecule has 0 saturated carbocycles. The fourth-order valence-electron chi connectivity index (χ4n) is 1.07. The Kier molecular flexibility index (Phi) is 1.91. The van der Waals surface area contributed by atoms with Crippen molar-refractivity contribution in [3.63, 3.8) is 0 Å². The molecule has 1 aromatic heterocycles. The summed E-state index contributed by atoms with van der Waals surface area (Å²) in [6, 6.07) is 9.52. The van der Waals surface area contributed by atoms with Crippen LogP contribution in [0.25, 0.3) is 10.9 Å². The lowest BCUT2D eigenvalue weighted by Gasteiger charge is -1.98. The first-order valence-electron chi connectivity index (χ1n) is 3.48. The van der Waals surface area contributed by atoms with Gasteiger partial charge in [0.25, 0.3) is 0 Å². The Morgan fingerprint density at radius 3 is 2.67 bits per heavy atom. The Bertz CT molecular complexity index is 385. The van der Waals surface area contributed by atoms with Gasteiger partial charge in [-0.05, 0) is 12.1 Å². The molecule has 1 heterocycles. The Balaban J connectivity index is 2.84. The number of hydrogen-bond acceptors (Lipinski definition) is 1. The van der Waals surface area contributed by atoms with E-state index in [1.807, 2.05) is 30.3 Å². The molecular weight excluding hydrogens is 193 g/mol. The highest BCUT2D eigenvalue weighted by Gasteiger charge is 2.00. The summed E-state index contributed by atoms with van der Waals surface area (Å²) in [7, 11) is 0. The van der Waals surface area contributed by atoms with E-state index in [2.05, 4.69) is 4.98 Å². The van der Waals surface area contributed by atoms with Crippen molar-refractivity contribution in [2.75, 3.05) is 0 Å². The molecule has 0 radical (unpaired) electrons. The standard InChI is InChI=1S/C9H5Cl2N/c10-7-5-6-3-1-2-4-8(6)12-9(7)11/h1-5H. The van der Waals surface area contributed by atoms with Gasteiger partial charge in [0.15, 0.2) is 0 Å². The van der Waals surface area contributed by atoms with E-state index in [-0.39, 0.29) is 0 Å². The lowest BCUT2D eigenvalue weighted by Crippen LogP contribution is -1.79. The molecule has 60 valence electrons. The molecule has 0 aliphatic carbocycles. The number of halogens is 2. The maximum absolute atomic E-state index is 5.79. The van der Waals surface area contributed by atoms with Crippen molar-refractivity contribution < 1.29 is 0 Å². The van der Waals surface area contributed by atoms with Gasteiger partial charge in [-0.2, -0.15) is 0 Å². The monoisotopic (exact) mass is 197 g/mol. The number of hydrogen-bond donors (Lipinski definition) is 0. The van der Waals surface area contributed by atoms with Crippen LogP contribution in [-0.2, 0) is 0 Å². The topological polar surface area (TPSA) is 12.9 Å². The van der Waals surface area contributed by atoms with E-state index in [4.69, 9.17) is 23.2 Å². The lowest BCUT2D eigenvalue weighted by atomic mass is 10.2. The van der Waals surface area contributed by atoms with Gasteiger partial charge in [0.2, 0.25) is 0 Å². The lowest BCUT2D eigenvalue weighted by molar-refractivity contribution is 1.41. The highest BCUT2D eigenvalue weighted by atomic mass is 35.5. The maximum atomic E-state index is 5.79. The molecule has 0 unspecified atom stereocenters. The van der Waals surface area contributed by atoms with E-state index in [0.717, 1.165) is 10.9 Å². The Hall–Kier alpha value is -0.790.